The summed E-state index contributed by atoms with van der Waals surface area (Å²) in [6.45, 7) is 4.65. The molecule has 2 N–H and O–H groups in total. The Morgan fingerprint density at radius 1 is 1.16 bits per heavy atom. The van der Waals surface area contributed by atoms with Gasteiger partial charge in [0, 0.05) is 29.3 Å². The number of amides is 1. The number of fused-ring (bicyclic) bond motifs is 2. The quantitative estimate of drug-likeness (QED) is 0.632. The second-order valence-electron chi connectivity index (χ2n) is 8.21. The summed E-state index contributed by atoms with van der Waals surface area (Å²) in [5, 5.41) is 7.62. The van der Waals surface area contributed by atoms with Gasteiger partial charge in [0.1, 0.15) is 0 Å². The van der Waals surface area contributed by atoms with Crippen molar-refractivity contribution in [2.75, 3.05) is 19.7 Å². The van der Waals surface area contributed by atoms with Crippen molar-refractivity contribution in [1.29, 1.82) is 0 Å². The number of nitrogens with zero attached hydrogens (tertiary/aromatic N) is 2. The predicted molar refractivity (Wildman–Crippen MR) is 124 cm³/mol. The first-order valence-corrected chi connectivity index (χ1v) is 10.7. The molecule has 3 heterocycles. The molecule has 6 nitrogen and oxygen atoms in total. The van der Waals surface area contributed by atoms with Crippen LogP contribution >= 0.6 is 12.4 Å². The van der Waals surface area contributed by atoms with E-state index in [0.29, 0.717) is 29.9 Å². The second-order valence-corrected chi connectivity index (χ2v) is 8.21. The van der Waals surface area contributed by atoms with Crippen molar-refractivity contribution in [2.45, 2.75) is 25.8 Å². The summed E-state index contributed by atoms with van der Waals surface area (Å²) >= 11 is 0. The topological polar surface area (TPSA) is 76.1 Å². The number of benzene rings is 1. The summed E-state index contributed by atoms with van der Waals surface area (Å²) in [6.07, 6.45) is 3.86. The zero-order valence-electron chi connectivity index (χ0n) is 17.5. The molecule has 0 bridgehead atoms. The minimum atomic E-state index is -0.0216. The molecule has 5 rings (SSSR count). The van der Waals surface area contributed by atoms with Crippen LogP contribution in [0.2, 0.25) is 0 Å². The summed E-state index contributed by atoms with van der Waals surface area (Å²) in [5.41, 5.74) is 3.07. The number of carbonyl (C=O) groups is 1. The lowest BCUT2D eigenvalue weighted by atomic mass is 10.0. The maximum Gasteiger partial charge on any atom is 0.252 e. The Labute approximate surface area is 188 Å². The monoisotopic (exact) mass is 438 g/mol. The number of pyridine rings is 2. The van der Waals surface area contributed by atoms with Gasteiger partial charge in [0.2, 0.25) is 5.88 Å². The molecule has 1 aliphatic carbocycles. The van der Waals surface area contributed by atoms with Crippen LogP contribution < -0.4 is 15.4 Å². The number of hydrogen-bond donors (Lipinski definition) is 2. The van der Waals surface area contributed by atoms with Crippen molar-refractivity contribution in [3.05, 3.63) is 54.2 Å². The Balaban J connectivity index is 0.00000231. The van der Waals surface area contributed by atoms with Gasteiger partial charge in [0.05, 0.1) is 23.4 Å². The zero-order chi connectivity index (χ0) is 20.5. The molecule has 2 fully saturated rings. The Kier molecular flexibility index (Phi) is 6.39. The van der Waals surface area contributed by atoms with Crippen molar-refractivity contribution < 1.29 is 9.53 Å². The molecule has 2 aliphatic rings. The summed E-state index contributed by atoms with van der Waals surface area (Å²) in [7, 11) is 0. The van der Waals surface area contributed by atoms with E-state index in [1.807, 2.05) is 49.4 Å². The first kappa shape index (κ1) is 21.5. The summed E-state index contributed by atoms with van der Waals surface area (Å²) in [5.74, 6) is 1.94. The van der Waals surface area contributed by atoms with Crippen molar-refractivity contribution in [3.63, 3.8) is 0 Å². The number of carbonyl (C=O) groups excluding carboxylic acids is 1. The molecule has 162 valence electrons. The van der Waals surface area contributed by atoms with Crippen LogP contribution in [0, 0.1) is 11.8 Å². The van der Waals surface area contributed by atoms with Crippen LogP contribution in [0.1, 0.15) is 30.1 Å². The molecule has 31 heavy (non-hydrogen) atoms. The maximum atomic E-state index is 13.3. The Morgan fingerprint density at radius 2 is 1.94 bits per heavy atom. The highest BCUT2D eigenvalue weighted by molar-refractivity contribution is 6.07. The zero-order valence-corrected chi connectivity index (χ0v) is 18.3. The third-order valence-corrected chi connectivity index (χ3v) is 6.27. The highest BCUT2D eigenvalue weighted by Crippen LogP contribution is 2.35. The fourth-order valence-electron chi connectivity index (χ4n) is 4.82. The molecule has 3 aromatic rings. The van der Waals surface area contributed by atoms with Gasteiger partial charge in [-0.15, -0.1) is 12.4 Å². The van der Waals surface area contributed by atoms with E-state index < -0.39 is 0 Å². The molecular weight excluding hydrogens is 412 g/mol. The van der Waals surface area contributed by atoms with Gasteiger partial charge in [-0.1, -0.05) is 18.2 Å². The number of halogens is 1. The third-order valence-electron chi connectivity index (χ3n) is 6.27. The summed E-state index contributed by atoms with van der Waals surface area (Å²) in [6, 6.07) is 13.7. The van der Waals surface area contributed by atoms with E-state index >= 15 is 0 Å². The van der Waals surface area contributed by atoms with Gasteiger partial charge in [-0.25, -0.2) is 9.97 Å². The fraction of sp³-hybridized carbons (Fsp3) is 0.375. The molecule has 0 radical (unpaired) electrons. The molecule has 2 aromatic heterocycles. The average Bonchev–Trinajstić information content (AvgIpc) is 3.35. The second kappa shape index (κ2) is 9.20. The number of nitrogens with one attached hydrogen (secondary N) is 2. The van der Waals surface area contributed by atoms with Gasteiger partial charge in [-0.3, -0.25) is 4.79 Å². The van der Waals surface area contributed by atoms with Gasteiger partial charge in [-0.2, -0.15) is 0 Å². The summed E-state index contributed by atoms with van der Waals surface area (Å²) < 4.78 is 5.43. The van der Waals surface area contributed by atoms with E-state index in [4.69, 9.17) is 9.72 Å². The van der Waals surface area contributed by atoms with Crippen molar-refractivity contribution in [3.8, 4) is 17.1 Å². The third kappa shape index (κ3) is 4.36. The van der Waals surface area contributed by atoms with Crippen molar-refractivity contribution in [1.82, 2.24) is 20.6 Å². The molecule has 1 saturated carbocycles. The first-order valence-electron chi connectivity index (χ1n) is 10.7. The average molecular weight is 439 g/mol. The standard InChI is InChI=1S/C24H26N4O2.ClH/c1-2-30-23-8-7-15(14-26-23)22-11-20(19-5-3-4-6-21(19)28-22)24(29)27-18-9-16-12-25-13-17(16)10-18;/h3-8,11,14,16-18,25H,2,9-10,12-13H2,1H3,(H,27,29);1H/t16-,17+,18?;. The fourth-order valence-corrected chi connectivity index (χ4v) is 4.82. The smallest absolute Gasteiger partial charge is 0.252 e. The van der Waals surface area contributed by atoms with Crippen LogP contribution in [0.3, 0.4) is 0 Å². The van der Waals surface area contributed by atoms with Crippen LogP contribution in [0.5, 0.6) is 5.88 Å². The Hall–Kier alpha value is -2.70. The lowest BCUT2D eigenvalue weighted by molar-refractivity contribution is 0.0938. The van der Waals surface area contributed by atoms with E-state index in [0.717, 1.165) is 48.1 Å². The SMILES string of the molecule is CCOc1ccc(-c2cc(C(=O)NC3C[C@H]4CNC[C@H]4C3)c3ccccc3n2)cn1.Cl. The maximum absolute atomic E-state index is 13.3. The van der Waals surface area contributed by atoms with Gasteiger partial charge in [-0.05, 0) is 62.9 Å². The number of aromatic nitrogens is 2. The molecule has 0 spiro atoms. The normalized spacial score (nSPS) is 22.0. The van der Waals surface area contributed by atoms with Crippen LogP contribution in [0.15, 0.2) is 48.7 Å². The largest absolute Gasteiger partial charge is 0.478 e. The van der Waals surface area contributed by atoms with E-state index in [-0.39, 0.29) is 24.4 Å². The Morgan fingerprint density at radius 3 is 2.65 bits per heavy atom. The molecule has 1 aromatic carbocycles. The van der Waals surface area contributed by atoms with E-state index in [2.05, 4.69) is 15.6 Å². The predicted octanol–water partition coefficient (Wildman–Crippen LogP) is 3.85. The number of para-hydroxylation sites is 1. The highest BCUT2D eigenvalue weighted by Gasteiger charge is 2.37. The van der Waals surface area contributed by atoms with Gasteiger partial charge in [0.15, 0.2) is 0 Å². The van der Waals surface area contributed by atoms with Crippen LogP contribution in [0.25, 0.3) is 22.2 Å². The molecular formula is C24H27ClN4O2. The number of ether oxygens (including phenoxy) is 1. The minimum Gasteiger partial charge on any atom is -0.478 e. The molecule has 1 unspecified atom stereocenters. The molecule has 1 saturated heterocycles. The lowest BCUT2D eigenvalue weighted by Gasteiger charge is -2.16. The van der Waals surface area contributed by atoms with Crippen LogP contribution in [-0.2, 0) is 0 Å². The molecule has 1 aliphatic heterocycles. The van der Waals surface area contributed by atoms with Crippen LogP contribution in [0.4, 0.5) is 0 Å². The number of hydrogen-bond acceptors (Lipinski definition) is 5. The molecule has 1 amide bonds. The Bertz CT molecular complexity index is 1060. The van der Waals surface area contributed by atoms with Crippen LogP contribution in [-0.4, -0.2) is 41.6 Å². The minimum absolute atomic E-state index is 0. The number of rotatable bonds is 5. The highest BCUT2D eigenvalue weighted by atomic mass is 35.5. The van der Waals surface area contributed by atoms with Gasteiger partial charge in [0.25, 0.3) is 5.91 Å². The van der Waals surface area contributed by atoms with E-state index in [9.17, 15) is 4.79 Å². The van der Waals surface area contributed by atoms with Gasteiger partial charge < -0.3 is 15.4 Å². The van der Waals surface area contributed by atoms with E-state index in [1.54, 1.807) is 6.20 Å². The first-order chi connectivity index (χ1) is 14.7. The van der Waals surface area contributed by atoms with Crippen molar-refractivity contribution >= 4 is 29.2 Å². The summed E-state index contributed by atoms with van der Waals surface area (Å²) in [4.78, 5) is 22.4. The van der Waals surface area contributed by atoms with E-state index in [1.165, 1.54) is 0 Å². The van der Waals surface area contributed by atoms with Crippen molar-refractivity contribution in [2.24, 2.45) is 11.8 Å². The lowest BCUT2D eigenvalue weighted by Crippen LogP contribution is -2.34. The molecule has 7 heteroatoms. The molecule has 3 atom stereocenters. The van der Waals surface area contributed by atoms with Gasteiger partial charge >= 0.3 is 0 Å².